The molecule has 1 N–H and O–H groups in total. The van der Waals surface area contributed by atoms with Gasteiger partial charge in [-0.25, -0.2) is 0 Å². The molecule has 0 heterocycles. The van der Waals surface area contributed by atoms with Gasteiger partial charge in [0.15, 0.2) is 0 Å². The Bertz CT molecular complexity index is 207. The summed E-state index contributed by atoms with van der Waals surface area (Å²) < 4.78 is 16.5. The number of nitrogens with one attached hydrogen (secondary N) is 1. The first-order valence-electron chi connectivity index (χ1n) is 8.19. The van der Waals surface area contributed by atoms with Crippen molar-refractivity contribution in [2.24, 2.45) is 5.41 Å². The molecule has 0 radical (unpaired) electrons. The lowest BCUT2D eigenvalue weighted by atomic mass is 9.99. The lowest BCUT2D eigenvalue weighted by Gasteiger charge is -2.20. The van der Waals surface area contributed by atoms with Gasteiger partial charge in [0.1, 0.15) is 0 Å². The summed E-state index contributed by atoms with van der Waals surface area (Å²) in [6.45, 7) is 18.3. The van der Waals surface area contributed by atoms with Gasteiger partial charge < -0.3 is 19.5 Å². The van der Waals surface area contributed by atoms with Crippen LogP contribution in [0.2, 0.25) is 0 Å². The molecular formula is C17H37NO3. The van der Waals surface area contributed by atoms with E-state index in [0.29, 0.717) is 26.4 Å². The first kappa shape index (κ1) is 20.8. The molecule has 4 heteroatoms. The molecule has 21 heavy (non-hydrogen) atoms. The molecule has 4 nitrogen and oxygen atoms in total. The Hall–Kier alpha value is -0.160. The second-order valence-corrected chi connectivity index (χ2v) is 7.72. The van der Waals surface area contributed by atoms with Gasteiger partial charge in [-0.05, 0) is 45.6 Å². The molecule has 0 bridgehead atoms. The molecule has 0 spiro atoms. The molecule has 128 valence electrons. The van der Waals surface area contributed by atoms with Gasteiger partial charge in [-0.3, -0.25) is 0 Å². The van der Waals surface area contributed by atoms with Crippen LogP contribution in [0.3, 0.4) is 0 Å². The average Bonchev–Trinajstić information content (AvgIpc) is 2.32. The molecule has 0 saturated carbocycles. The number of hydrogen-bond donors (Lipinski definition) is 1. The zero-order chi connectivity index (χ0) is 16.2. The van der Waals surface area contributed by atoms with Gasteiger partial charge in [-0.1, -0.05) is 20.8 Å². The van der Waals surface area contributed by atoms with Crippen LogP contribution in [0.1, 0.15) is 54.4 Å². The lowest BCUT2D eigenvalue weighted by Crippen LogP contribution is -2.36. The van der Waals surface area contributed by atoms with Crippen LogP contribution in [0.25, 0.3) is 0 Å². The SMILES string of the molecule is CC(C)(C)COCCOCCOCCCCNC(C)(C)C. The van der Waals surface area contributed by atoms with Gasteiger partial charge in [0.05, 0.1) is 33.0 Å². The fourth-order valence-corrected chi connectivity index (χ4v) is 1.61. The lowest BCUT2D eigenvalue weighted by molar-refractivity contribution is -0.00106. The summed E-state index contributed by atoms with van der Waals surface area (Å²) in [6.07, 6.45) is 2.25. The number of hydrogen-bond acceptors (Lipinski definition) is 4. The minimum Gasteiger partial charge on any atom is -0.379 e. The molecule has 0 fully saturated rings. The third-order valence-corrected chi connectivity index (χ3v) is 2.65. The predicted molar refractivity (Wildman–Crippen MR) is 88.9 cm³/mol. The Morgan fingerprint density at radius 1 is 0.667 bits per heavy atom. The Morgan fingerprint density at radius 3 is 1.71 bits per heavy atom. The minimum absolute atomic E-state index is 0.212. The van der Waals surface area contributed by atoms with Crippen molar-refractivity contribution in [1.82, 2.24) is 5.32 Å². The fraction of sp³-hybridized carbons (Fsp3) is 1.00. The molecule has 0 aromatic rings. The van der Waals surface area contributed by atoms with E-state index in [-0.39, 0.29) is 11.0 Å². The van der Waals surface area contributed by atoms with Crippen molar-refractivity contribution < 1.29 is 14.2 Å². The zero-order valence-corrected chi connectivity index (χ0v) is 15.1. The van der Waals surface area contributed by atoms with E-state index in [0.717, 1.165) is 32.6 Å². The van der Waals surface area contributed by atoms with Crippen molar-refractivity contribution in [3.05, 3.63) is 0 Å². The molecular weight excluding hydrogens is 266 g/mol. The highest BCUT2D eigenvalue weighted by Crippen LogP contribution is 2.12. The summed E-state index contributed by atoms with van der Waals surface area (Å²) in [5, 5.41) is 3.47. The average molecular weight is 303 g/mol. The van der Waals surface area contributed by atoms with Crippen LogP contribution in [-0.4, -0.2) is 51.7 Å². The maximum Gasteiger partial charge on any atom is 0.0701 e. The highest BCUT2D eigenvalue weighted by molar-refractivity contribution is 4.69. The topological polar surface area (TPSA) is 39.7 Å². The fourth-order valence-electron chi connectivity index (χ4n) is 1.61. The van der Waals surface area contributed by atoms with E-state index in [2.05, 4.69) is 46.9 Å². The largest absolute Gasteiger partial charge is 0.379 e. The van der Waals surface area contributed by atoms with E-state index in [4.69, 9.17) is 14.2 Å². The van der Waals surface area contributed by atoms with E-state index < -0.39 is 0 Å². The summed E-state index contributed by atoms with van der Waals surface area (Å²) in [4.78, 5) is 0. The van der Waals surface area contributed by atoms with Crippen molar-refractivity contribution in [3.8, 4) is 0 Å². The van der Waals surface area contributed by atoms with Crippen LogP contribution >= 0.6 is 0 Å². The third-order valence-electron chi connectivity index (χ3n) is 2.65. The molecule has 0 aliphatic heterocycles. The standard InChI is InChI=1S/C17H37NO3/c1-16(2,3)15-21-14-13-20-12-11-19-10-8-7-9-18-17(4,5)6/h18H,7-15H2,1-6H3. The molecule has 0 unspecified atom stereocenters. The van der Waals surface area contributed by atoms with Crippen LogP contribution in [0.5, 0.6) is 0 Å². The molecule has 0 saturated heterocycles. The normalized spacial score (nSPS) is 12.9. The second kappa shape index (κ2) is 11.4. The van der Waals surface area contributed by atoms with E-state index >= 15 is 0 Å². The van der Waals surface area contributed by atoms with Gasteiger partial charge in [-0.15, -0.1) is 0 Å². The van der Waals surface area contributed by atoms with E-state index in [1.165, 1.54) is 0 Å². The first-order chi connectivity index (χ1) is 9.71. The van der Waals surface area contributed by atoms with Gasteiger partial charge in [0.2, 0.25) is 0 Å². The highest BCUT2D eigenvalue weighted by atomic mass is 16.5. The summed E-state index contributed by atoms with van der Waals surface area (Å²) in [5.74, 6) is 0. The van der Waals surface area contributed by atoms with Crippen molar-refractivity contribution in [1.29, 1.82) is 0 Å². The maximum atomic E-state index is 5.53. The Labute approximate surface area is 131 Å². The number of unbranched alkanes of at least 4 members (excludes halogenated alkanes) is 1. The highest BCUT2D eigenvalue weighted by Gasteiger charge is 2.09. The zero-order valence-electron chi connectivity index (χ0n) is 15.1. The van der Waals surface area contributed by atoms with Gasteiger partial charge >= 0.3 is 0 Å². The van der Waals surface area contributed by atoms with Crippen LogP contribution in [0, 0.1) is 5.41 Å². The molecule has 0 atom stereocenters. The molecule has 0 aromatic carbocycles. The summed E-state index contributed by atoms with van der Waals surface area (Å²) >= 11 is 0. The van der Waals surface area contributed by atoms with Crippen LogP contribution in [0.4, 0.5) is 0 Å². The van der Waals surface area contributed by atoms with Gasteiger partial charge in [-0.2, -0.15) is 0 Å². The summed E-state index contributed by atoms with van der Waals surface area (Å²) in [6, 6.07) is 0. The van der Waals surface area contributed by atoms with Crippen LogP contribution < -0.4 is 5.32 Å². The molecule has 0 aliphatic carbocycles. The Morgan fingerprint density at radius 2 is 1.19 bits per heavy atom. The van der Waals surface area contributed by atoms with Crippen molar-refractivity contribution in [3.63, 3.8) is 0 Å². The van der Waals surface area contributed by atoms with Gasteiger partial charge in [0, 0.05) is 12.1 Å². The molecule has 0 rings (SSSR count). The molecule has 0 amide bonds. The van der Waals surface area contributed by atoms with Crippen molar-refractivity contribution >= 4 is 0 Å². The Balaban J connectivity index is 3.10. The van der Waals surface area contributed by atoms with E-state index in [1.54, 1.807) is 0 Å². The second-order valence-electron chi connectivity index (χ2n) is 7.72. The quantitative estimate of drug-likeness (QED) is 0.562. The molecule has 0 aromatic heterocycles. The Kier molecular flexibility index (Phi) is 11.3. The maximum absolute atomic E-state index is 5.53. The van der Waals surface area contributed by atoms with Gasteiger partial charge in [0.25, 0.3) is 0 Å². The van der Waals surface area contributed by atoms with E-state index in [1.807, 2.05) is 0 Å². The minimum atomic E-state index is 0.212. The number of rotatable bonds is 12. The van der Waals surface area contributed by atoms with E-state index in [9.17, 15) is 0 Å². The van der Waals surface area contributed by atoms with Crippen LogP contribution in [0.15, 0.2) is 0 Å². The third kappa shape index (κ3) is 19.8. The first-order valence-corrected chi connectivity index (χ1v) is 8.19. The summed E-state index contributed by atoms with van der Waals surface area (Å²) in [5.41, 5.74) is 0.439. The number of ether oxygens (including phenoxy) is 3. The van der Waals surface area contributed by atoms with Crippen LogP contribution in [-0.2, 0) is 14.2 Å². The summed E-state index contributed by atoms with van der Waals surface area (Å²) in [7, 11) is 0. The smallest absolute Gasteiger partial charge is 0.0701 e. The molecule has 0 aliphatic rings. The van der Waals surface area contributed by atoms with Crippen molar-refractivity contribution in [2.75, 3.05) is 46.2 Å². The predicted octanol–water partition coefficient (Wildman–Crippen LogP) is 3.25. The van der Waals surface area contributed by atoms with Crippen molar-refractivity contribution in [2.45, 2.75) is 59.9 Å². The monoisotopic (exact) mass is 303 g/mol.